The predicted molar refractivity (Wildman–Crippen MR) is 87.3 cm³/mol. The van der Waals surface area contributed by atoms with E-state index in [1.807, 2.05) is 25.1 Å². The fraction of sp³-hybridized carbons (Fsp3) is 0.625. The fourth-order valence-electron chi connectivity index (χ4n) is 1.59. The van der Waals surface area contributed by atoms with Gasteiger partial charge in [-0.3, -0.25) is 0 Å². The average Bonchev–Trinajstić information content (AvgIpc) is 2.33. The molecule has 1 aromatic carbocycles. The van der Waals surface area contributed by atoms with E-state index in [0.717, 1.165) is 10.2 Å². The van der Waals surface area contributed by atoms with E-state index in [1.54, 1.807) is 0 Å². The number of aryl methyl sites for hydroxylation is 1. The highest BCUT2D eigenvalue weighted by molar-refractivity contribution is 9.10. The van der Waals surface area contributed by atoms with E-state index in [-0.39, 0.29) is 12.0 Å². The quantitative estimate of drug-likeness (QED) is 0.830. The van der Waals surface area contributed by atoms with Crippen molar-refractivity contribution in [3.63, 3.8) is 0 Å². The maximum Gasteiger partial charge on any atom is 0.133 e. The minimum absolute atomic E-state index is 0.181. The summed E-state index contributed by atoms with van der Waals surface area (Å²) in [6, 6.07) is 6.24. The number of ether oxygens (including phenoxy) is 1. The van der Waals surface area contributed by atoms with E-state index in [0.29, 0.717) is 12.6 Å². The molecule has 0 aliphatic carbocycles. The minimum atomic E-state index is -0.520. The van der Waals surface area contributed by atoms with Gasteiger partial charge in [0.05, 0.1) is 4.47 Å². The number of hydrogen-bond acceptors (Lipinski definition) is 3. The molecule has 2 unspecified atom stereocenters. The molecule has 0 heterocycles. The van der Waals surface area contributed by atoms with Crippen LogP contribution in [0.3, 0.4) is 0 Å². The molecule has 114 valence electrons. The second kappa shape index (κ2) is 7.43. The summed E-state index contributed by atoms with van der Waals surface area (Å²) in [5.74, 6) is 0.763. The summed E-state index contributed by atoms with van der Waals surface area (Å²) < 4.78 is 6.55. The number of rotatable bonds is 6. The largest absolute Gasteiger partial charge is 0.490 e. The fourth-order valence-corrected chi connectivity index (χ4v) is 2.19. The van der Waals surface area contributed by atoms with E-state index in [1.165, 1.54) is 5.56 Å². The van der Waals surface area contributed by atoms with Crippen LogP contribution in [0.1, 0.15) is 33.3 Å². The van der Waals surface area contributed by atoms with Crippen molar-refractivity contribution in [2.24, 2.45) is 5.41 Å². The zero-order chi connectivity index (χ0) is 15.3. The van der Waals surface area contributed by atoms with Crippen molar-refractivity contribution >= 4 is 15.9 Å². The normalized spacial score (nSPS) is 14.9. The summed E-state index contributed by atoms with van der Waals surface area (Å²) in [6.07, 6.45) is -0.520. The third-order valence-electron chi connectivity index (χ3n) is 3.48. The van der Waals surface area contributed by atoms with Crippen LogP contribution in [0.4, 0.5) is 0 Å². The van der Waals surface area contributed by atoms with Crippen molar-refractivity contribution < 1.29 is 9.84 Å². The highest BCUT2D eigenvalue weighted by Gasteiger charge is 2.20. The molecule has 1 aromatic rings. The Morgan fingerprint density at radius 3 is 2.55 bits per heavy atom. The molecular formula is C16H26BrNO2. The van der Waals surface area contributed by atoms with Gasteiger partial charge in [0.1, 0.15) is 18.5 Å². The van der Waals surface area contributed by atoms with Crippen LogP contribution in [0.25, 0.3) is 0 Å². The molecule has 1 rings (SSSR count). The van der Waals surface area contributed by atoms with Crippen molar-refractivity contribution in [1.82, 2.24) is 5.32 Å². The Labute approximate surface area is 130 Å². The molecular weight excluding hydrogens is 318 g/mol. The Hall–Kier alpha value is -0.580. The maximum absolute atomic E-state index is 9.97. The number of hydrogen-bond donors (Lipinski definition) is 2. The number of aliphatic hydroxyl groups is 1. The lowest BCUT2D eigenvalue weighted by atomic mass is 9.88. The molecule has 2 N–H and O–H groups in total. The van der Waals surface area contributed by atoms with E-state index in [9.17, 15) is 5.11 Å². The summed E-state index contributed by atoms with van der Waals surface area (Å²) in [5.41, 5.74) is 1.35. The summed E-state index contributed by atoms with van der Waals surface area (Å²) in [7, 11) is 0. The summed E-state index contributed by atoms with van der Waals surface area (Å²) >= 11 is 3.46. The van der Waals surface area contributed by atoms with Crippen molar-refractivity contribution in [1.29, 1.82) is 0 Å². The zero-order valence-corrected chi connectivity index (χ0v) is 14.6. The van der Waals surface area contributed by atoms with Crippen molar-refractivity contribution in [2.75, 3.05) is 13.2 Å². The Morgan fingerprint density at radius 1 is 1.35 bits per heavy atom. The van der Waals surface area contributed by atoms with E-state index in [4.69, 9.17) is 4.74 Å². The molecule has 0 saturated heterocycles. The van der Waals surface area contributed by atoms with Gasteiger partial charge in [0.25, 0.3) is 0 Å². The Kier molecular flexibility index (Phi) is 6.49. The van der Waals surface area contributed by atoms with Crippen molar-refractivity contribution in [3.05, 3.63) is 28.2 Å². The molecule has 2 atom stereocenters. The molecule has 4 heteroatoms. The highest BCUT2D eigenvalue weighted by Crippen LogP contribution is 2.25. The van der Waals surface area contributed by atoms with Gasteiger partial charge in [0, 0.05) is 12.6 Å². The molecule has 0 fully saturated rings. The number of benzene rings is 1. The molecule has 0 spiro atoms. The van der Waals surface area contributed by atoms with Gasteiger partial charge in [-0.2, -0.15) is 0 Å². The Balaban J connectivity index is 2.38. The third-order valence-corrected chi connectivity index (χ3v) is 4.10. The first kappa shape index (κ1) is 17.5. The topological polar surface area (TPSA) is 41.5 Å². The predicted octanol–water partition coefficient (Wildman–Crippen LogP) is 3.52. The van der Waals surface area contributed by atoms with Gasteiger partial charge < -0.3 is 15.2 Å². The van der Waals surface area contributed by atoms with Crippen LogP contribution >= 0.6 is 15.9 Å². The van der Waals surface area contributed by atoms with Gasteiger partial charge in [-0.1, -0.05) is 26.8 Å². The molecule has 0 amide bonds. The first-order chi connectivity index (χ1) is 9.20. The monoisotopic (exact) mass is 343 g/mol. The average molecular weight is 344 g/mol. The number of aliphatic hydroxyl groups excluding tert-OH is 1. The number of nitrogens with one attached hydrogen (secondary N) is 1. The van der Waals surface area contributed by atoms with E-state index in [2.05, 4.69) is 48.9 Å². The Morgan fingerprint density at radius 2 is 2.00 bits per heavy atom. The summed E-state index contributed by atoms with van der Waals surface area (Å²) in [6.45, 7) is 11.5. The van der Waals surface area contributed by atoms with Crippen LogP contribution in [0, 0.1) is 12.3 Å². The van der Waals surface area contributed by atoms with Crippen LogP contribution < -0.4 is 10.1 Å². The molecule has 0 aliphatic rings. The van der Waals surface area contributed by atoms with Crippen molar-refractivity contribution in [3.8, 4) is 5.75 Å². The van der Waals surface area contributed by atoms with Crippen LogP contribution in [0.5, 0.6) is 5.75 Å². The van der Waals surface area contributed by atoms with Gasteiger partial charge in [-0.15, -0.1) is 0 Å². The van der Waals surface area contributed by atoms with Crippen LogP contribution in [-0.2, 0) is 0 Å². The minimum Gasteiger partial charge on any atom is -0.490 e. The molecule has 0 aromatic heterocycles. The van der Waals surface area contributed by atoms with Crippen LogP contribution in [0.15, 0.2) is 22.7 Å². The van der Waals surface area contributed by atoms with Gasteiger partial charge in [-0.25, -0.2) is 0 Å². The van der Waals surface area contributed by atoms with Crippen molar-refractivity contribution in [2.45, 2.75) is 46.8 Å². The molecule has 0 radical (unpaired) electrons. The SMILES string of the molecule is Cc1ccc(OCC(O)CNC(C)C(C)(C)C)c(Br)c1. The molecule has 0 bridgehead atoms. The van der Waals surface area contributed by atoms with Gasteiger partial charge in [-0.05, 0) is 52.9 Å². The molecule has 0 aliphatic heterocycles. The standard InChI is InChI=1S/C16H26BrNO2/c1-11-6-7-15(14(17)8-11)20-10-13(19)9-18-12(2)16(3,4)5/h6-8,12-13,18-19H,9-10H2,1-5H3. The highest BCUT2D eigenvalue weighted by atomic mass is 79.9. The van der Waals surface area contributed by atoms with E-state index >= 15 is 0 Å². The van der Waals surface area contributed by atoms with Gasteiger partial charge >= 0.3 is 0 Å². The molecule has 3 nitrogen and oxygen atoms in total. The number of halogens is 1. The first-order valence-electron chi connectivity index (χ1n) is 7.00. The lowest BCUT2D eigenvalue weighted by molar-refractivity contribution is 0.0982. The Bertz CT molecular complexity index is 429. The molecule has 20 heavy (non-hydrogen) atoms. The second-order valence-electron chi connectivity index (χ2n) is 6.39. The van der Waals surface area contributed by atoms with Crippen LogP contribution in [0.2, 0.25) is 0 Å². The molecule has 0 saturated carbocycles. The van der Waals surface area contributed by atoms with Gasteiger partial charge in [0.2, 0.25) is 0 Å². The van der Waals surface area contributed by atoms with E-state index < -0.39 is 6.10 Å². The lowest BCUT2D eigenvalue weighted by Crippen LogP contribution is -2.42. The van der Waals surface area contributed by atoms with Crippen LogP contribution in [-0.4, -0.2) is 30.4 Å². The van der Waals surface area contributed by atoms with Gasteiger partial charge in [0.15, 0.2) is 0 Å². The smallest absolute Gasteiger partial charge is 0.133 e. The lowest BCUT2D eigenvalue weighted by Gasteiger charge is -2.29. The summed E-state index contributed by atoms with van der Waals surface area (Å²) in [4.78, 5) is 0. The first-order valence-corrected chi connectivity index (χ1v) is 7.80. The summed E-state index contributed by atoms with van der Waals surface area (Å²) in [5, 5.41) is 13.3. The third kappa shape index (κ3) is 5.81. The second-order valence-corrected chi connectivity index (χ2v) is 7.25. The maximum atomic E-state index is 9.97. The zero-order valence-electron chi connectivity index (χ0n) is 13.0.